The third-order valence-electron chi connectivity index (χ3n) is 2.38. The largest absolute Gasteiger partial charge is 0.481 e. The minimum atomic E-state index is -0.990. The van der Waals surface area contributed by atoms with Crippen molar-refractivity contribution in [2.75, 3.05) is 6.61 Å². The number of Topliss-reactive ketones (excluding diaryl/α,β-unsaturated/α-hetero) is 1. The predicted octanol–water partition coefficient (Wildman–Crippen LogP) is 0.229. The number of ketones is 1. The average Bonchev–Trinajstić information content (AvgIpc) is 2.01. The van der Waals surface area contributed by atoms with Crippen LogP contribution in [0.3, 0.4) is 0 Å². The Balaban J connectivity index is 2.68. The summed E-state index contributed by atoms with van der Waals surface area (Å²) in [4.78, 5) is 32.5. The SMILES string of the molecule is CC(=O)C1COC(=O)CC1CC(=O)O. The summed E-state index contributed by atoms with van der Waals surface area (Å²) in [6.07, 6.45) is -0.129. The molecule has 0 radical (unpaired) electrons. The quantitative estimate of drug-likeness (QED) is 0.659. The summed E-state index contributed by atoms with van der Waals surface area (Å²) in [5.41, 5.74) is 0. The Morgan fingerprint density at radius 2 is 2.21 bits per heavy atom. The lowest BCUT2D eigenvalue weighted by Gasteiger charge is -2.27. The summed E-state index contributed by atoms with van der Waals surface area (Å²) in [7, 11) is 0. The second kappa shape index (κ2) is 4.21. The number of carbonyl (C=O) groups excluding carboxylic acids is 2. The topological polar surface area (TPSA) is 80.7 Å². The van der Waals surface area contributed by atoms with E-state index in [4.69, 9.17) is 9.84 Å². The molecule has 5 heteroatoms. The van der Waals surface area contributed by atoms with Crippen LogP contribution in [0.4, 0.5) is 0 Å². The maximum absolute atomic E-state index is 11.1. The number of rotatable bonds is 3. The van der Waals surface area contributed by atoms with Gasteiger partial charge in [0.15, 0.2) is 0 Å². The average molecular weight is 200 g/mol. The lowest BCUT2D eigenvalue weighted by Crippen LogP contribution is -2.36. The molecule has 0 bridgehead atoms. The standard InChI is InChI=1S/C9H12O5/c1-5(10)7-4-14-9(13)3-6(7)2-8(11)12/h6-7H,2-4H2,1H3,(H,11,12). The van der Waals surface area contributed by atoms with Crippen molar-refractivity contribution in [2.24, 2.45) is 11.8 Å². The second-order valence-corrected chi connectivity index (χ2v) is 3.46. The number of hydrogen-bond acceptors (Lipinski definition) is 4. The van der Waals surface area contributed by atoms with Crippen molar-refractivity contribution in [2.45, 2.75) is 19.8 Å². The summed E-state index contributed by atoms with van der Waals surface area (Å²) >= 11 is 0. The molecule has 0 aliphatic carbocycles. The lowest BCUT2D eigenvalue weighted by atomic mass is 9.83. The molecule has 1 aliphatic rings. The van der Waals surface area contributed by atoms with Gasteiger partial charge in [-0.2, -0.15) is 0 Å². The Hall–Kier alpha value is -1.39. The highest BCUT2D eigenvalue weighted by Gasteiger charge is 2.34. The van der Waals surface area contributed by atoms with E-state index in [0.717, 1.165) is 0 Å². The molecule has 0 spiro atoms. The molecule has 2 unspecified atom stereocenters. The van der Waals surface area contributed by atoms with Gasteiger partial charge in [0.2, 0.25) is 0 Å². The molecule has 0 aromatic carbocycles. The van der Waals surface area contributed by atoms with Crippen molar-refractivity contribution < 1.29 is 24.2 Å². The van der Waals surface area contributed by atoms with Gasteiger partial charge in [0.05, 0.1) is 5.92 Å². The Morgan fingerprint density at radius 3 is 2.71 bits per heavy atom. The molecule has 0 saturated carbocycles. The normalized spacial score (nSPS) is 26.8. The maximum atomic E-state index is 11.1. The molecule has 1 rings (SSSR count). The minimum absolute atomic E-state index is 0.0200. The zero-order chi connectivity index (χ0) is 10.7. The fourth-order valence-electron chi connectivity index (χ4n) is 1.62. The Bertz CT molecular complexity index is 268. The Kier molecular flexibility index (Phi) is 3.22. The highest BCUT2D eigenvalue weighted by Crippen LogP contribution is 2.26. The fourth-order valence-corrected chi connectivity index (χ4v) is 1.62. The first kappa shape index (κ1) is 10.7. The summed E-state index contributed by atoms with van der Waals surface area (Å²) < 4.78 is 4.71. The number of carboxylic acids is 1. The first-order chi connectivity index (χ1) is 6.50. The van der Waals surface area contributed by atoms with Crippen molar-refractivity contribution in [3.05, 3.63) is 0 Å². The van der Waals surface area contributed by atoms with E-state index >= 15 is 0 Å². The van der Waals surface area contributed by atoms with Gasteiger partial charge in [-0.25, -0.2) is 0 Å². The highest BCUT2D eigenvalue weighted by atomic mass is 16.5. The molecule has 1 fully saturated rings. The summed E-state index contributed by atoms with van der Waals surface area (Å²) in [6.45, 7) is 1.41. The molecule has 78 valence electrons. The predicted molar refractivity (Wildman–Crippen MR) is 45.5 cm³/mol. The zero-order valence-electron chi connectivity index (χ0n) is 7.86. The molecule has 0 aromatic heterocycles. The number of cyclic esters (lactones) is 1. The molecule has 1 N–H and O–H groups in total. The second-order valence-electron chi connectivity index (χ2n) is 3.46. The number of aliphatic carboxylic acids is 1. The van der Waals surface area contributed by atoms with Gasteiger partial charge in [-0.15, -0.1) is 0 Å². The molecule has 1 heterocycles. The van der Waals surface area contributed by atoms with E-state index in [9.17, 15) is 14.4 Å². The molecule has 0 aromatic rings. The van der Waals surface area contributed by atoms with Gasteiger partial charge in [0.25, 0.3) is 0 Å². The van der Waals surface area contributed by atoms with Crippen molar-refractivity contribution >= 4 is 17.7 Å². The van der Waals surface area contributed by atoms with Crippen LogP contribution < -0.4 is 0 Å². The number of ether oxygens (including phenoxy) is 1. The van der Waals surface area contributed by atoms with Gasteiger partial charge in [-0.1, -0.05) is 0 Å². The molecular weight excluding hydrogens is 188 g/mol. The summed E-state index contributed by atoms with van der Waals surface area (Å²) in [5, 5.41) is 8.59. The van der Waals surface area contributed by atoms with Gasteiger partial charge >= 0.3 is 11.9 Å². The van der Waals surface area contributed by atoms with E-state index < -0.39 is 23.8 Å². The number of esters is 1. The van der Waals surface area contributed by atoms with Crippen LogP contribution >= 0.6 is 0 Å². The van der Waals surface area contributed by atoms with E-state index in [-0.39, 0.29) is 25.2 Å². The summed E-state index contributed by atoms with van der Waals surface area (Å²) in [6, 6.07) is 0. The van der Waals surface area contributed by atoms with Crippen LogP contribution in [0.5, 0.6) is 0 Å². The van der Waals surface area contributed by atoms with Crippen molar-refractivity contribution in [3.63, 3.8) is 0 Å². The molecule has 1 aliphatic heterocycles. The van der Waals surface area contributed by atoms with Crippen LogP contribution in [-0.4, -0.2) is 29.4 Å². The minimum Gasteiger partial charge on any atom is -0.481 e. The molecule has 0 amide bonds. The molecule has 1 saturated heterocycles. The van der Waals surface area contributed by atoms with Crippen LogP contribution in [0, 0.1) is 11.8 Å². The lowest BCUT2D eigenvalue weighted by molar-refractivity contribution is -0.156. The van der Waals surface area contributed by atoms with E-state index in [2.05, 4.69) is 0 Å². The first-order valence-corrected chi connectivity index (χ1v) is 4.38. The van der Waals surface area contributed by atoms with E-state index in [1.807, 2.05) is 0 Å². The van der Waals surface area contributed by atoms with Gasteiger partial charge in [-0.05, 0) is 12.8 Å². The zero-order valence-corrected chi connectivity index (χ0v) is 7.86. The van der Waals surface area contributed by atoms with E-state index in [0.29, 0.717) is 0 Å². The van der Waals surface area contributed by atoms with Gasteiger partial charge < -0.3 is 9.84 Å². The molecule has 2 atom stereocenters. The molecule has 14 heavy (non-hydrogen) atoms. The molecule has 5 nitrogen and oxygen atoms in total. The van der Waals surface area contributed by atoms with E-state index in [1.165, 1.54) is 6.92 Å². The fraction of sp³-hybridized carbons (Fsp3) is 0.667. The van der Waals surface area contributed by atoms with Crippen LogP contribution in [0.1, 0.15) is 19.8 Å². The number of hydrogen-bond donors (Lipinski definition) is 1. The van der Waals surface area contributed by atoms with Crippen molar-refractivity contribution in [3.8, 4) is 0 Å². The number of carbonyl (C=O) groups is 3. The highest BCUT2D eigenvalue weighted by molar-refractivity contribution is 5.82. The monoisotopic (exact) mass is 200 g/mol. The third kappa shape index (κ3) is 2.55. The van der Waals surface area contributed by atoms with Gasteiger partial charge in [0, 0.05) is 12.8 Å². The Morgan fingerprint density at radius 1 is 1.57 bits per heavy atom. The third-order valence-corrected chi connectivity index (χ3v) is 2.38. The first-order valence-electron chi connectivity index (χ1n) is 4.38. The van der Waals surface area contributed by atoms with Crippen molar-refractivity contribution in [1.29, 1.82) is 0 Å². The van der Waals surface area contributed by atoms with E-state index in [1.54, 1.807) is 0 Å². The van der Waals surface area contributed by atoms with Crippen LogP contribution in [0.2, 0.25) is 0 Å². The van der Waals surface area contributed by atoms with Crippen LogP contribution in [-0.2, 0) is 19.1 Å². The van der Waals surface area contributed by atoms with Gasteiger partial charge in [-0.3, -0.25) is 14.4 Å². The van der Waals surface area contributed by atoms with Gasteiger partial charge in [0.1, 0.15) is 12.4 Å². The van der Waals surface area contributed by atoms with Crippen LogP contribution in [0.25, 0.3) is 0 Å². The number of carboxylic acid groups (broad SMARTS) is 1. The smallest absolute Gasteiger partial charge is 0.306 e. The van der Waals surface area contributed by atoms with Crippen LogP contribution in [0.15, 0.2) is 0 Å². The molecular formula is C9H12O5. The van der Waals surface area contributed by atoms with Crippen molar-refractivity contribution in [1.82, 2.24) is 0 Å². The Labute approximate surface area is 81.0 Å². The summed E-state index contributed by atoms with van der Waals surface area (Å²) in [5.74, 6) is -2.40. The maximum Gasteiger partial charge on any atom is 0.306 e.